The van der Waals surface area contributed by atoms with Gasteiger partial charge in [-0.15, -0.1) is 0 Å². The van der Waals surface area contributed by atoms with Gasteiger partial charge in [0.1, 0.15) is 0 Å². The Balaban J connectivity index is 0.000000260. The van der Waals surface area contributed by atoms with Crippen LogP contribution in [0.2, 0.25) is 0 Å². The Morgan fingerprint density at radius 2 is 1.58 bits per heavy atom. The Kier molecular flexibility index (Phi) is 8.31. The van der Waals surface area contributed by atoms with Gasteiger partial charge >= 0.3 is 11.9 Å². The molecule has 1 aromatic rings. The zero-order valence-corrected chi connectivity index (χ0v) is 14.9. The second kappa shape index (κ2) is 10.7. The van der Waals surface area contributed by atoms with Crippen molar-refractivity contribution in [3.63, 3.8) is 0 Å². The summed E-state index contributed by atoms with van der Waals surface area (Å²) in [7, 11) is 0. The van der Waals surface area contributed by atoms with Crippen LogP contribution in [-0.4, -0.2) is 52.9 Å². The van der Waals surface area contributed by atoms with Gasteiger partial charge in [-0.2, -0.15) is 0 Å². The summed E-state index contributed by atoms with van der Waals surface area (Å²) in [5.41, 5.74) is 1.44. The number of piperidine rings is 1. The van der Waals surface area contributed by atoms with Crippen LogP contribution < -0.4 is 0 Å². The lowest BCUT2D eigenvalue weighted by Crippen LogP contribution is -2.34. The number of aliphatic carboxylic acids is 2. The Hall–Kier alpha value is -2.18. The molecule has 0 bridgehead atoms. The second-order valence-corrected chi connectivity index (χ2v) is 6.75. The topological polar surface area (TPSA) is 87.1 Å². The summed E-state index contributed by atoms with van der Waals surface area (Å²) in [4.78, 5) is 21.7. The number of ether oxygens (including phenoxy) is 1. The summed E-state index contributed by atoms with van der Waals surface area (Å²) in [6.45, 7) is 4.57. The van der Waals surface area contributed by atoms with Gasteiger partial charge < -0.3 is 14.9 Å². The fraction of sp³-hybridized carbons (Fsp3) is 0.500. The molecule has 2 fully saturated rings. The molecule has 3 rings (SSSR count). The van der Waals surface area contributed by atoms with Crippen molar-refractivity contribution in [3.8, 4) is 0 Å². The molecule has 6 heteroatoms. The summed E-state index contributed by atoms with van der Waals surface area (Å²) in [6, 6.07) is 10.8. The quantitative estimate of drug-likeness (QED) is 0.726. The molecule has 0 atom stereocenters. The van der Waals surface area contributed by atoms with Gasteiger partial charge in [0.25, 0.3) is 0 Å². The molecule has 1 saturated heterocycles. The zero-order chi connectivity index (χ0) is 18.8. The van der Waals surface area contributed by atoms with E-state index in [1.807, 2.05) is 0 Å². The minimum Gasteiger partial charge on any atom is -0.478 e. The number of carboxylic acid groups (broad SMARTS) is 2. The van der Waals surface area contributed by atoms with E-state index < -0.39 is 11.9 Å². The Morgan fingerprint density at radius 3 is 2.08 bits per heavy atom. The molecule has 0 spiro atoms. The van der Waals surface area contributed by atoms with Crippen molar-refractivity contribution in [1.82, 2.24) is 4.90 Å². The van der Waals surface area contributed by atoms with Gasteiger partial charge in [0.2, 0.25) is 0 Å². The maximum Gasteiger partial charge on any atom is 0.328 e. The van der Waals surface area contributed by atoms with Crippen LogP contribution in [0.15, 0.2) is 42.5 Å². The third kappa shape index (κ3) is 8.78. The van der Waals surface area contributed by atoms with Gasteiger partial charge in [-0.3, -0.25) is 4.90 Å². The molecule has 142 valence electrons. The van der Waals surface area contributed by atoms with Crippen LogP contribution in [0.3, 0.4) is 0 Å². The molecular formula is C20H27NO5. The molecule has 0 amide bonds. The molecule has 6 nitrogen and oxygen atoms in total. The number of hydrogen-bond donors (Lipinski definition) is 2. The Morgan fingerprint density at radius 1 is 1.00 bits per heavy atom. The molecule has 2 N–H and O–H groups in total. The van der Waals surface area contributed by atoms with Crippen molar-refractivity contribution in [2.45, 2.75) is 38.3 Å². The Bertz CT molecular complexity index is 573. The molecule has 0 radical (unpaired) electrons. The van der Waals surface area contributed by atoms with Crippen LogP contribution in [0, 0.1) is 5.92 Å². The largest absolute Gasteiger partial charge is 0.478 e. The highest BCUT2D eigenvalue weighted by Crippen LogP contribution is 2.26. The summed E-state index contributed by atoms with van der Waals surface area (Å²) >= 11 is 0. The normalized spacial score (nSPS) is 18.3. The van der Waals surface area contributed by atoms with Crippen molar-refractivity contribution < 1.29 is 24.5 Å². The van der Waals surface area contributed by atoms with E-state index in [2.05, 4.69) is 35.2 Å². The van der Waals surface area contributed by atoms with Gasteiger partial charge in [0, 0.05) is 25.3 Å². The molecule has 0 unspecified atom stereocenters. The number of rotatable bonds is 7. The molecule has 1 saturated carbocycles. The summed E-state index contributed by atoms with van der Waals surface area (Å²) in [5.74, 6) is -1.71. The van der Waals surface area contributed by atoms with Crippen molar-refractivity contribution in [2.75, 3.05) is 19.7 Å². The number of carboxylic acids is 2. The second-order valence-electron chi connectivity index (χ2n) is 6.75. The first kappa shape index (κ1) is 20.1. The maximum atomic E-state index is 9.55. The molecule has 1 aromatic carbocycles. The molecule has 1 aliphatic carbocycles. The predicted octanol–water partition coefficient (Wildman–Crippen LogP) is 2.79. The molecule has 1 heterocycles. The Labute approximate surface area is 154 Å². The fourth-order valence-corrected chi connectivity index (χ4v) is 2.80. The first-order valence-electron chi connectivity index (χ1n) is 9.04. The predicted molar refractivity (Wildman–Crippen MR) is 97.8 cm³/mol. The molecule has 0 aromatic heterocycles. The highest BCUT2D eigenvalue weighted by Gasteiger charge is 2.25. The first-order valence-corrected chi connectivity index (χ1v) is 9.04. The molecule has 26 heavy (non-hydrogen) atoms. The van der Waals surface area contributed by atoms with Crippen LogP contribution in [0.1, 0.15) is 31.2 Å². The number of benzene rings is 1. The highest BCUT2D eigenvalue weighted by molar-refractivity contribution is 5.89. The van der Waals surface area contributed by atoms with E-state index in [4.69, 9.17) is 14.9 Å². The van der Waals surface area contributed by atoms with E-state index in [1.165, 1.54) is 44.3 Å². The highest BCUT2D eigenvalue weighted by atomic mass is 16.5. The van der Waals surface area contributed by atoms with Gasteiger partial charge in [0.15, 0.2) is 0 Å². The average molecular weight is 361 g/mol. The van der Waals surface area contributed by atoms with Crippen LogP contribution >= 0.6 is 0 Å². The van der Waals surface area contributed by atoms with E-state index in [9.17, 15) is 9.59 Å². The van der Waals surface area contributed by atoms with Gasteiger partial charge in [-0.25, -0.2) is 9.59 Å². The molecule has 1 aliphatic heterocycles. The van der Waals surface area contributed by atoms with E-state index in [1.54, 1.807) is 0 Å². The van der Waals surface area contributed by atoms with E-state index in [-0.39, 0.29) is 0 Å². The fourth-order valence-electron chi connectivity index (χ4n) is 2.80. The van der Waals surface area contributed by atoms with E-state index >= 15 is 0 Å². The van der Waals surface area contributed by atoms with Gasteiger partial charge in [-0.05, 0) is 50.3 Å². The van der Waals surface area contributed by atoms with Crippen molar-refractivity contribution in [1.29, 1.82) is 0 Å². The summed E-state index contributed by atoms with van der Waals surface area (Å²) < 4.78 is 5.83. The lowest BCUT2D eigenvalue weighted by atomic mass is 9.97. The average Bonchev–Trinajstić information content (AvgIpc) is 3.45. The van der Waals surface area contributed by atoms with Crippen LogP contribution in [0.4, 0.5) is 0 Å². The van der Waals surface area contributed by atoms with E-state index in [0.29, 0.717) is 18.3 Å². The summed E-state index contributed by atoms with van der Waals surface area (Å²) in [5, 5.41) is 15.6. The van der Waals surface area contributed by atoms with Gasteiger partial charge in [-0.1, -0.05) is 30.3 Å². The smallest absolute Gasteiger partial charge is 0.328 e. The van der Waals surface area contributed by atoms with Gasteiger partial charge in [0.05, 0.1) is 6.10 Å². The molecule has 2 aliphatic rings. The van der Waals surface area contributed by atoms with Crippen molar-refractivity contribution >= 4 is 11.9 Å². The third-order valence-electron chi connectivity index (χ3n) is 4.42. The van der Waals surface area contributed by atoms with E-state index in [0.717, 1.165) is 19.1 Å². The van der Waals surface area contributed by atoms with Crippen LogP contribution in [0.5, 0.6) is 0 Å². The summed E-state index contributed by atoms with van der Waals surface area (Å²) in [6.07, 6.45) is 6.94. The lowest BCUT2D eigenvalue weighted by molar-refractivity contribution is -0.134. The number of likely N-dealkylation sites (tertiary alicyclic amines) is 1. The van der Waals surface area contributed by atoms with Crippen LogP contribution in [-0.2, 0) is 20.9 Å². The van der Waals surface area contributed by atoms with Crippen molar-refractivity contribution in [2.24, 2.45) is 5.92 Å². The van der Waals surface area contributed by atoms with Crippen molar-refractivity contribution in [3.05, 3.63) is 48.0 Å². The maximum absolute atomic E-state index is 9.55. The minimum absolute atomic E-state index is 0.558. The standard InChI is InChI=1S/C16H23NO.C4H4O4/c1-2-4-14(5-3-1)12-17-10-8-15(9-11-17)13-18-16-6-7-16;5-3(6)1-2-4(7)8/h1-5,15-16H,6-13H2;1-2H,(H,5,6)(H,7,8)/b;2-1-. The zero-order valence-electron chi connectivity index (χ0n) is 14.9. The lowest BCUT2D eigenvalue weighted by Gasteiger charge is -2.31. The molecular weight excluding hydrogens is 334 g/mol. The first-order chi connectivity index (χ1) is 12.5. The monoisotopic (exact) mass is 361 g/mol. The minimum atomic E-state index is -1.26. The third-order valence-corrected chi connectivity index (χ3v) is 4.42. The SMILES string of the molecule is O=C(O)/C=C\C(=O)O.c1ccc(CN2CCC(COC3CC3)CC2)cc1. The number of nitrogens with zero attached hydrogens (tertiary/aromatic N) is 1. The number of carbonyl (C=O) groups is 2. The van der Waals surface area contributed by atoms with Crippen LogP contribution in [0.25, 0.3) is 0 Å². The number of hydrogen-bond acceptors (Lipinski definition) is 4.